The number of allylic oxidation sites excluding steroid dienone is 6. The fourth-order valence-electron chi connectivity index (χ4n) is 3.61. The second kappa shape index (κ2) is 18.0. The number of ether oxygens (including phenoxy) is 1. The van der Waals surface area contributed by atoms with Gasteiger partial charge in [0.05, 0.1) is 7.11 Å². The van der Waals surface area contributed by atoms with Gasteiger partial charge in [-0.25, -0.2) is 0 Å². The van der Waals surface area contributed by atoms with Gasteiger partial charge in [-0.15, -0.1) is 0 Å². The van der Waals surface area contributed by atoms with Gasteiger partial charge in [-0.1, -0.05) is 76.3 Å². The van der Waals surface area contributed by atoms with Crippen molar-refractivity contribution >= 4 is 5.91 Å². The normalized spacial score (nSPS) is 18.8. The van der Waals surface area contributed by atoms with Gasteiger partial charge < -0.3 is 10.1 Å². The molecule has 0 aromatic rings. The maximum Gasteiger partial charge on any atom is 0.220 e. The topological polar surface area (TPSA) is 38.3 Å². The van der Waals surface area contributed by atoms with Crippen LogP contribution in [0.25, 0.3) is 0 Å². The minimum atomic E-state index is 0.176. The Kier molecular flexibility index (Phi) is 15.8. The van der Waals surface area contributed by atoms with Crippen LogP contribution in [0.1, 0.15) is 90.9 Å². The molecule has 1 aliphatic rings. The third-order valence-electron chi connectivity index (χ3n) is 5.74. The first-order valence-corrected chi connectivity index (χ1v) is 12.2. The van der Waals surface area contributed by atoms with E-state index in [1.165, 1.54) is 51.4 Å². The molecule has 1 rings (SSSR count). The van der Waals surface area contributed by atoms with Gasteiger partial charge in [-0.2, -0.15) is 0 Å². The van der Waals surface area contributed by atoms with Crippen LogP contribution in [0.4, 0.5) is 0 Å². The number of carbonyl (C=O) groups excluding carboxylic acids is 1. The van der Waals surface area contributed by atoms with E-state index >= 15 is 0 Å². The van der Waals surface area contributed by atoms with Crippen LogP contribution in [0.3, 0.4) is 0 Å². The SMILES string of the molecule is CCCCC/C=C\C/C=C\CCCCCCCC(=O)NCC1C=C(OC)C=CC1C. The number of nitrogens with one attached hydrogen (secondary N) is 1. The highest BCUT2D eigenvalue weighted by Crippen LogP contribution is 2.22. The van der Waals surface area contributed by atoms with E-state index in [9.17, 15) is 4.79 Å². The van der Waals surface area contributed by atoms with Crippen molar-refractivity contribution < 1.29 is 9.53 Å². The summed E-state index contributed by atoms with van der Waals surface area (Å²) < 4.78 is 5.29. The summed E-state index contributed by atoms with van der Waals surface area (Å²) in [7, 11) is 1.69. The second-order valence-corrected chi connectivity index (χ2v) is 8.44. The molecule has 0 spiro atoms. The fourth-order valence-corrected chi connectivity index (χ4v) is 3.61. The molecule has 0 fully saturated rings. The third kappa shape index (κ3) is 13.5. The van der Waals surface area contributed by atoms with Gasteiger partial charge in [0.2, 0.25) is 5.91 Å². The summed E-state index contributed by atoms with van der Waals surface area (Å²) >= 11 is 0. The average Bonchev–Trinajstić information content (AvgIpc) is 2.75. The van der Waals surface area contributed by atoms with Gasteiger partial charge >= 0.3 is 0 Å². The highest BCUT2D eigenvalue weighted by Gasteiger charge is 2.18. The first kappa shape index (κ1) is 26.3. The maximum atomic E-state index is 12.1. The van der Waals surface area contributed by atoms with E-state index < -0.39 is 0 Å². The molecule has 2 atom stereocenters. The predicted octanol–water partition coefficient (Wildman–Crippen LogP) is 7.27. The Labute approximate surface area is 185 Å². The van der Waals surface area contributed by atoms with Crippen molar-refractivity contribution in [2.75, 3.05) is 13.7 Å². The molecule has 0 aromatic carbocycles. The number of carbonyl (C=O) groups is 1. The quantitative estimate of drug-likeness (QED) is 0.200. The molecule has 0 saturated carbocycles. The summed E-state index contributed by atoms with van der Waals surface area (Å²) in [5, 5.41) is 3.09. The maximum absolute atomic E-state index is 12.1. The third-order valence-corrected chi connectivity index (χ3v) is 5.74. The van der Waals surface area contributed by atoms with Gasteiger partial charge in [0, 0.05) is 18.9 Å². The lowest BCUT2D eigenvalue weighted by Gasteiger charge is -2.22. The van der Waals surface area contributed by atoms with Crippen molar-refractivity contribution in [3.8, 4) is 0 Å². The number of hydrogen-bond donors (Lipinski definition) is 1. The van der Waals surface area contributed by atoms with Crippen LogP contribution in [-0.4, -0.2) is 19.6 Å². The zero-order chi connectivity index (χ0) is 21.9. The van der Waals surface area contributed by atoms with Gasteiger partial charge in [0.25, 0.3) is 0 Å². The van der Waals surface area contributed by atoms with E-state index in [1.54, 1.807) is 7.11 Å². The zero-order valence-corrected chi connectivity index (χ0v) is 19.7. The summed E-state index contributed by atoms with van der Waals surface area (Å²) in [5.41, 5.74) is 0. The summed E-state index contributed by atoms with van der Waals surface area (Å²) in [6.07, 6.45) is 29.4. The highest BCUT2D eigenvalue weighted by atomic mass is 16.5. The van der Waals surface area contributed by atoms with Crippen LogP contribution in [0.5, 0.6) is 0 Å². The first-order valence-electron chi connectivity index (χ1n) is 12.2. The van der Waals surface area contributed by atoms with Crippen molar-refractivity contribution in [1.29, 1.82) is 0 Å². The molecule has 30 heavy (non-hydrogen) atoms. The van der Waals surface area contributed by atoms with Crippen LogP contribution in [0, 0.1) is 11.8 Å². The molecule has 170 valence electrons. The van der Waals surface area contributed by atoms with E-state index in [1.807, 2.05) is 6.08 Å². The molecule has 1 aliphatic carbocycles. The van der Waals surface area contributed by atoms with Crippen LogP contribution in [0.2, 0.25) is 0 Å². The van der Waals surface area contributed by atoms with Crippen molar-refractivity contribution in [2.24, 2.45) is 11.8 Å². The molecule has 2 unspecified atom stereocenters. The molecule has 0 aliphatic heterocycles. The van der Waals surface area contributed by atoms with Crippen LogP contribution >= 0.6 is 0 Å². The molecular formula is C27H45NO2. The van der Waals surface area contributed by atoms with Gasteiger partial charge in [0.1, 0.15) is 5.76 Å². The second-order valence-electron chi connectivity index (χ2n) is 8.44. The lowest BCUT2D eigenvalue weighted by molar-refractivity contribution is -0.121. The largest absolute Gasteiger partial charge is 0.497 e. The van der Waals surface area contributed by atoms with Gasteiger partial charge in [-0.05, 0) is 56.6 Å². The minimum absolute atomic E-state index is 0.176. The van der Waals surface area contributed by atoms with Crippen molar-refractivity contribution in [3.05, 3.63) is 48.3 Å². The van der Waals surface area contributed by atoms with Crippen molar-refractivity contribution in [3.63, 3.8) is 0 Å². The molecular weight excluding hydrogens is 370 g/mol. The number of amides is 1. The summed E-state index contributed by atoms with van der Waals surface area (Å²) in [6, 6.07) is 0. The molecule has 1 N–H and O–H groups in total. The van der Waals surface area contributed by atoms with Crippen molar-refractivity contribution in [2.45, 2.75) is 90.9 Å². The number of rotatable bonds is 17. The Bertz CT molecular complexity index is 559. The number of hydrogen-bond acceptors (Lipinski definition) is 2. The molecule has 1 amide bonds. The first-order chi connectivity index (χ1) is 14.7. The summed E-state index contributed by atoms with van der Waals surface area (Å²) in [4.78, 5) is 12.1. The Morgan fingerprint density at radius 2 is 1.67 bits per heavy atom. The Balaban J connectivity index is 1.94. The molecule has 0 bridgehead atoms. The van der Waals surface area contributed by atoms with E-state index in [2.05, 4.69) is 55.6 Å². The molecule has 0 aromatic heterocycles. The lowest BCUT2D eigenvalue weighted by Crippen LogP contribution is -2.31. The zero-order valence-electron chi connectivity index (χ0n) is 19.7. The van der Waals surface area contributed by atoms with Crippen LogP contribution < -0.4 is 5.32 Å². The molecule has 0 saturated heterocycles. The molecule has 3 nitrogen and oxygen atoms in total. The lowest BCUT2D eigenvalue weighted by atomic mass is 9.89. The smallest absolute Gasteiger partial charge is 0.220 e. The van der Waals surface area contributed by atoms with Crippen LogP contribution in [-0.2, 0) is 9.53 Å². The van der Waals surface area contributed by atoms with E-state index in [4.69, 9.17) is 4.74 Å². The fraction of sp³-hybridized carbons (Fsp3) is 0.667. The average molecular weight is 416 g/mol. The Hall–Kier alpha value is -1.77. The van der Waals surface area contributed by atoms with Gasteiger partial charge in [-0.3, -0.25) is 4.79 Å². The number of methoxy groups -OCH3 is 1. The summed E-state index contributed by atoms with van der Waals surface area (Å²) in [5.74, 6) is 1.81. The van der Waals surface area contributed by atoms with E-state index in [-0.39, 0.29) is 5.91 Å². The highest BCUT2D eigenvalue weighted by molar-refractivity contribution is 5.75. The standard InChI is InChI=1S/C27H45NO2/c1-4-5-6-7-8-9-10-11-12-13-14-15-16-17-18-19-27(29)28-23-25-22-26(30-3)21-20-24(25)2/h8-9,11-12,20-22,24-25H,4-7,10,13-19,23H2,1-3H3,(H,28,29)/b9-8-,12-11-. The Morgan fingerprint density at radius 1 is 1.00 bits per heavy atom. The predicted molar refractivity (Wildman–Crippen MR) is 129 cm³/mol. The van der Waals surface area contributed by atoms with Crippen LogP contribution in [0.15, 0.2) is 48.3 Å². The molecule has 0 radical (unpaired) electrons. The monoisotopic (exact) mass is 415 g/mol. The Morgan fingerprint density at radius 3 is 2.37 bits per heavy atom. The van der Waals surface area contributed by atoms with E-state index in [0.717, 1.165) is 25.0 Å². The van der Waals surface area contributed by atoms with Crippen molar-refractivity contribution in [1.82, 2.24) is 5.32 Å². The molecule has 0 heterocycles. The van der Waals surface area contributed by atoms with E-state index in [0.29, 0.717) is 24.8 Å². The van der Waals surface area contributed by atoms with Gasteiger partial charge in [0.15, 0.2) is 0 Å². The number of unbranched alkanes of at least 4 members (excludes halogenated alkanes) is 8. The summed E-state index contributed by atoms with van der Waals surface area (Å²) in [6.45, 7) is 5.12. The minimum Gasteiger partial charge on any atom is -0.497 e. The molecule has 3 heteroatoms.